The van der Waals surface area contributed by atoms with E-state index < -0.39 is 6.04 Å². The second-order valence-corrected chi connectivity index (χ2v) is 5.61. The highest BCUT2D eigenvalue weighted by Crippen LogP contribution is 2.13. The number of carbonyl (C=O) groups is 1. The number of esters is 1. The number of rotatable bonds is 8. The maximum absolute atomic E-state index is 11.4. The summed E-state index contributed by atoms with van der Waals surface area (Å²) in [6.07, 6.45) is 0.546. The Kier molecular flexibility index (Phi) is 7.17. The molecule has 1 aromatic rings. The van der Waals surface area contributed by atoms with Crippen LogP contribution in [0.3, 0.4) is 0 Å². The lowest BCUT2D eigenvalue weighted by molar-refractivity contribution is -0.144. The molecule has 0 saturated carbocycles. The van der Waals surface area contributed by atoms with Crippen LogP contribution in [0.5, 0.6) is 0 Å². The Morgan fingerprint density at radius 1 is 1.38 bits per heavy atom. The van der Waals surface area contributed by atoms with Gasteiger partial charge in [-0.05, 0) is 19.1 Å². The average Bonchev–Trinajstić information content (AvgIpc) is 2.43. The monoisotopic (exact) mass is 314 g/mol. The van der Waals surface area contributed by atoms with Gasteiger partial charge in [0.1, 0.15) is 11.9 Å². The van der Waals surface area contributed by atoms with E-state index in [0.717, 1.165) is 0 Å². The number of nitrogens with zero attached hydrogens (tertiary/aromatic N) is 4. The van der Waals surface area contributed by atoms with E-state index in [4.69, 9.17) is 16.2 Å². The van der Waals surface area contributed by atoms with E-state index in [2.05, 4.69) is 15.0 Å². The molecule has 1 heterocycles. The molecule has 0 aliphatic heterocycles. The molecule has 0 fully saturated rings. The predicted octanol–water partition coefficient (Wildman–Crippen LogP) is 0.0335. The first-order valence-electron chi connectivity index (χ1n) is 6.61. The second-order valence-electron chi connectivity index (χ2n) is 4.50. The van der Waals surface area contributed by atoms with Gasteiger partial charge in [-0.2, -0.15) is 26.7 Å². The van der Waals surface area contributed by atoms with E-state index in [1.807, 2.05) is 14.1 Å². The van der Waals surface area contributed by atoms with E-state index in [1.165, 1.54) is 0 Å². The average molecular weight is 314 g/mol. The molecule has 21 heavy (non-hydrogen) atoms. The lowest BCUT2D eigenvalue weighted by atomic mass is 10.2. The summed E-state index contributed by atoms with van der Waals surface area (Å²) in [6.45, 7) is 2.10. The highest BCUT2D eigenvalue weighted by Gasteiger charge is 2.14. The molecule has 0 saturated heterocycles. The molecule has 0 aliphatic carbocycles. The lowest BCUT2D eigenvalue weighted by Crippen LogP contribution is -2.32. The third-order valence-corrected chi connectivity index (χ3v) is 3.47. The van der Waals surface area contributed by atoms with E-state index in [0.29, 0.717) is 36.3 Å². The topological polar surface area (TPSA) is 120 Å². The number of nitrogen functional groups attached to an aromatic ring is 1. The van der Waals surface area contributed by atoms with Crippen LogP contribution in [0.4, 0.5) is 11.9 Å². The van der Waals surface area contributed by atoms with Gasteiger partial charge in [0.25, 0.3) is 0 Å². The van der Waals surface area contributed by atoms with Crippen LogP contribution in [0.2, 0.25) is 0 Å². The number of nitrogens with two attached hydrogens (primary N) is 2. The van der Waals surface area contributed by atoms with Crippen LogP contribution >= 0.6 is 11.8 Å². The SMILES string of the molecule is CCOC(=O)C(N)CCSCc1nc(N)nc(N(C)C)n1. The van der Waals surface area contributed by atoms with E-state index in [-0.39, 0.29) is 11.9 Å². The van der Waals surface area contributed by atoms with Gasteiger partial charge in [-0.1, -0.05) is 0 Å². The van der Waals surface area contributed by atoms with Gasteiger partial charge in [0, 0.05) is 14.1 Å². The number of ether oxygens (including phenoxy) is 1. The first-order chi connectivity index (χ1) is 9.93. The molecule has 0 amide bonds. The summed E-state index contributed by atoms with van der Waals surface area (Å²) in [4.78, 5) is 25.5. The first-order valence-corrected chi connectivity index (χ1v) is 7.77. The highest BCUT2D eigenvalue weighted by molar-refractivity contribution is 7.98. The van der Waals surface area contributed by atoms with Crippen molar-refractivity contribution in [3.63, 3.8) is 0 Å². The predicted molar refractivity (Wildman–Crippen MR) is 84.0 cm³/mol. The van der Waals surface area contributed by atoms with Gasteiger partial charge in [0.15, 0.2) is 0 Å². The van der Waals surface area contributed by atoms with Gasteiger partial charge < -0.3 is 21.1 Å². The molecule has 118 valence electrons. The van der Waals surface area contributed by atoms with Crippen LogP contribution in [-0.2, 0) is 15.3 Å². The highest BCUT2D eigenvalue weighted by atomic mass is 32.2. The molecule has 1 atom stereocenters. The Morgan fingerprint density at radius 2 is 2.10 bits per heavy atom. The standard InChI is InChI=1S/C12H22N6O2S/c1-4-20-10(19)8(13)5-6-21-7-9-15-11(14)17-12(16-9)18(2)3/h8H,4-7,13H2,1-3H3,(H2,14,15,16,17). The third-order valence-electron chi connectivity index (χ3n) is 2.48. The largest absolute Gasteiger partial charge is 0.465 e. The molecule has 0 aromatic carbocycles. The Labute approximate surface area is 128 Å². The molecule has 0 aliphatic rings. The fourth-order valence-electron chi connectivity index (χ4n) is 1.43. The summed E-state index contributed by atoms with van der Waals surface area (Å²) in [6, 6.07) is -0.585. The number of carbonyl (C=O) groups excluding carboxylic acids is 1. The minimum absolute atomic E-state index is 0.201. The first kappa shape index (κ1) is 17.4. The summed E-state index contributed by atoms with van der Waals surface area (Å²) >= 11 is 1.58. The number of thioether (sulfide) groups is 1. The minimum atomic E-state index is -0.585. The zero-order valence-corrected chi connectivity index (χ0v) is 13.4. The Balaban J connectivity index is 2.41. The van der Waals surface area contributed by atoms with Crippen LogP contribution in [-0.4, -0.2) is 53.4 Å². The molecular weight excluding hydrogens is 292 g/mol. The number of hydrogen-bond acceptors (Lipinski definition) is 9. The van der Waals surface area contributed by atoms with Crippen LogP contribution < -0.4 is 16.4 Å². The zero-order chi connectivity index (χ0) is 15.8. The maximum atomic E-state index is 11.4. The Morgan fingerprint density at radius 3 is 2.71 bits per heavy atom. The van der Waals surface area contributed by atoms with Crippen molar-refractivity contribution in [3.05, 3.63) is 5.82 Å². The van der Waals surface area contributed by atoms with Crippen molar-refractivity contribution < 1.29 is 9.53 Å². The van der Waals surface area contributed by atoms with Crippen LogP contribution in [0, 0.1) is 0 Å². The number of aromatic nitrogens is 3. The minimum Gasteiger partial charge on any atom is -0.465 e. The Bertz CT molecular complexity index is 471. The summed E-state index contributed by atoms with van der Waals surface area (Å²) < 4.78 is 4.85. The van der Waals surface area contributed by atoms with E-state index in [9.17, 15) is 4.79 Å². The molecule has 0 radical (unpaired) electrons. The van der Waals surface area contributed by atoms with Gasteiger partial charge in [-0.3, -0.25) is 4.79 Å². The van der Waals surface area contributed by atoms with Crippen LogP contribution in [0.15, 0.2) is 0 Å². The van der Waals surface area contributed by atoms with E-state index >= 15 is 0 Å². The van der Waals surface area contributed by atoms with Crippen molar-refractivity contribution >= 4 is 29.6 Å². The molecule has 1 rings (SSSR count). The third kappa shape index (κ3) is 6.13. The number of anilines is 2. The van der Waals surface area contributed by atoms with Gasteiger partial charge in [-0.15, -0.1) is 0 Å². The van der Waals surface area contributed by atoms with Gasteiger partial charge in [0.2, 0.25) is 11.9 Å². The summed E-state index contributed by atoms with van der Waals surface area (Å²) in [5, 5.41) is 0. The maximum Gasteiger partial charge on any atom is 0.322 e. The molecule has 0 spiro atoms. The van der Waals surface area contributed by atoms with Crippen molar-refractivity contribution in [1.29, 1.82) is 0 Å². The van der Waals surface area contributed by atoms with Gasteiger partial charge in [0.05, 0.1) is 12.4 Å². The van der Waals surface area contributed by atoms with Crippen molar-refractivity contribution in [2.45, 2.75) is 25.1 Å². The number of hydrogen-bond donors (Lipinski definition) is 2. The smallest absolute Gasteiger partial charge is 0.322 e. The molecule has 1 aromatic heterocycles. The lowest BCUT2D eigenvalue weighted by Gasteiger charge is -2.12. The van der Waals surface area contributed by atoms with Crippen molar-refractivity contribution in [1.82, 2.24) is 15.0 Å². The summed E-state index contributed by atoms with van der Waals surface area (Å²) in [7, 11) is 3.67. The molecule has 4 N–H and O–H groups in total. The van der Waals surface area contributed by atoms with E-state index in [1.54, 1.807) is 23.6 Å². The quantitative estimate of drug-likeness (QED) is 0.505. The van der Waals surface area contributed by atoms with Crippen LogP contribution in [0.1, 0.15) is 19.2 Å². The van der Waals surface area contributed by atoms with Crippen LogP contribution in [0.25, 0.3) is 0 Å². The van der Waals surface area contributed by atoms with Crippen molar-refractivity contribution in [2.24, 2.45) is 5.73 Å². The zero-order valence-electron chi connectivity index (χ0n) is 12.6. The van der Waals surface area contributed by atoms with Crippen molar-refractivity contribution in [2.75, 3.05) is 37.1 Å². The molecule has 0 bridgehead atoms. The van der Waals surface area contributed by atoms with Gasteiger partial charge in [-0.25, -0.2) is 0 Å². The fraction of sp³-hybridized carbons (Fsp3) is 0.667. The fourth-order valence-corrected chi connectivity index (χ4v) is 2.31. The van der Waals surface area contributed by atoms with Gasteiger partial charge >= 0.3 is 5.97 Å². The molecular formula is C12H22N6O2S. The molecule has 9 heteroatoms. The summed E-state index contributed by atoms with van der Waals surface area (Å²) in [5.41, 5.74) is 11.4. The Hall–Kier alpha value is -1.61. The second kappa shape index (κ2) is 8.63. The molecule has 8 nitrogen and oxygen atoms in total. The molecule has 1 unspecified atom stereocenters. The van der Waals surface area contributed by atoms with Crippen molar-refractivity contribution in [3.8, 4) is 0 Å². The summed E-state index contributed by atoms with van der Waals surface area (Å²) in [5.74, 6) is 2.28. The normalized spacial score (nSPS) is 12.0.